The van der Waals surface area contributed by atoms with E-state index in [1.807, 2.05) is 18.9 Å². The predicted octanol–water partition coefficient (Wildman–Crippen LogP) is 1.75. The van der Waals surface area contributed by atoms with Crippen LogP contribution >= 0.6 is 0 Å². The van der Waals surface area contributed by atoms with Crippen molar-refractivity contribution in [2.45, 2.75) is 45.3 Å². The maximum atomic E-state index is 5.72. The second-order valence-electron chi connectivity index (χ2n) is 5.07. The fourth-order valence-corrected chi connectivity index (χ4v) is 2.28. The van der Waals surface area contributed by atoms with Crippen LogP contribution in [0.2, 0.25) is 0 Å². The first-order chi connectivity index (χ1) is 9.20. The number of rotatable bonds is 6. The highest BCUT2D eigenvalue weighted by atomic mass is 16.5. The summed E-state index contributed by atoms with van der Waals surface area (Å²) in [6.45, 7) is 6.62. The highest BCUT2D eigenvalue weighted by Gasteiger charge is 2.20. The fourth-order valence-electron chi connectivity index (χ4n) is 2.28. The molecule has 1 aliphatic rings. The van der Waals surface area contributed by atoms with E-state index >= 15 is 0 Å². The number of nitrogens with one attached hydrogen (secondary N) is 1. The maximum Gasteiger partial charge on any atom is 0.318 e. The molecule has 2 unspecified atom stereocenters. The van der Waals surface area contributed by atoms with Gasteiger partial charge < -0.3 is 19.4 Å². The van der Waals surface area contributed by atoms with Crippen molar-refractivity contribution in [3.63, 3.8) is 0 Å². The van der Waals surface area contributed by atoms with Crippen LogP contribution in [-0.4, -0.2) is 43.0 Å². The number of hydrogen-bond acceptors (Lipinski definition) is 6. The summed E-state index contributed by atoms with van der Waals surface area (Å²) in [6, 6.07) is 0.652. The summed E-state index contributed by atoms with van der Waals surface area (Å²) in [6.07, 6.45) is 3.80. The van der Waals surface area contributed by atoms with Gasteiger partial charge in [0.15, 0.2) is 0 Å². The molecule has 0 amide bonds. The average Bonchev–Trinajstić information content (AvgIpc) is 2.90. The van der Waals surface area contributed by atoms with Crippen LogP contribution in [0.25, 0.3) is 0 Å². The zero-order valence-electron chi connectivity index (χ0n) is 12.1. The summed E-state index contributed by atoms with van der Waals surface area (Å²) in [4.78, 5) is 1.98. The molecule has 2 atom stereocenters. The Morgan fingerprint density at radius 2 is 2.26 bits per heavy atom. The maximum absolute atomic E-state index is 5.72. The van der Waals surface area contributed by atoms with Gasteiger partial charge in [0.2, 0.25) is 5.89 Å². The van der Waals surface area contributed by atoms with Gasteiger partial charge >= 0.3 is 6.01 Å². The largest absolute Gasteiger partial charge is 0.406 e. The van der Waals surface area contributed by atoms with Crippen molar-refractivity contribution in [2.24, 2.45) is 0 Å². The van der Waals surface area contributed by atoms with Gasteiger partial charge in [0.05, 0.1) is 12.1 Å². The molecule has 0 aliphatic carbocycles. The minimum absolute atomic E-state index is 0.0885. The predicted molar refractivity (Wildman–Crippen MR) is 73.3 cm³/mol. The second kappa shape index (κ2) is 6.86. The third-order valence-corrected chi connectivity index (χ3v) is 3.39. The molecule has 108 valence electrons. The van der Waals surface area contributed by atoms with E-state index in [1.54, 1.807) is 0 Å². The van der Waals surface area contributed by atoms with E-state index in [1.165, 1.54) is 12.8 Å². The quantitative estimate of drug-likeness (QED) is 0.848. The molecule has 1 aromatic heterocycles. The normalized spacial score (nSPS) is 21.3. The van der Waals surface area contributed by atoms with Crippen molar-refractivity contribution in [2.75, 3.05) is 31.6 Å². The molecular formula is C13H24N4O2. The number of anilines is 1. The topological polar surface area (TPSA) is 63.4 Å². The minimum atomic E-state index is 0.0885. The molecule has 0 aromatic carbocycles. The van der Waals surface area contributed by atoms with Crippen LogP contribution in [-0.2, 0) is 4.74 Å². The van der Waals surface area contributed by atoms with Crippen LogP contribution in [0.15, 0.2) is 4.42 Å². The Morgan fingerprint density at radius 1 is 1.42 bits per heavy atom. The molecule has 2 rings (SSSR count). The average molecular weight is 268 g/mol. The van der Waals surface area contributed by atoms with Crippen molar-refractivity contribution in [1.29, 1.82) is 0 Å². The van der Waals surface area contributed by atoms with Crippen molar-refractivity contribution in [3.05, 3.63) is 5.89 Å². The van der Waals surface area contributed by atoms with Gasteiger partial charge in [-0.2, -0.15) is 0 Å². The summed E-state index contributed by atoms with van der Waals surface area (Å²) >= 11 is 0. The van der Waals surface area contributed by atoms with Gasteiger partial charge in [-0.25, -0.2) is 0 Å². The highest BCUT2D eigenvalue weighted by Crippen LogP contribution is 2.19. The standard InChI is InChI=1S/C13H24N4O2/c1-4-14-10(2)12-15-16-13(19-12)17(3)9-11-7-5-6-8-18-11/h10-11,14H,4-9H2,1-3H3. The van der Waals surface area contributed by atoms with E-state index < -0.39 is 0 Å². The summed E-state index contributed by atoms with van der Waals surface area (Å²) in [5, 5.41) is 11.4. The minimum Gasteiger partial charge on any atom is -0.406 e. The van der Waals surface area contributed by atoms with Crippen molar-refractivity contribution in [3.8, 4) is 0 Å². The third kappa shape index (κ3) is 3.91. The lowest BCUT2D eigenvalue weighted by Gasteiger charge is -2.26. The van der Waals surface area contributed by atoms with Gasteiger partial charge in [-0.3, -0.25) is 0 Å². The Hall–Kier alpha value is -1.14. The summed E-state index contributed by atoms with van der Waals surface area (Å²) in [7, 11) is 1.97. The van der Waals surface area contributed by atoms with E-state index in [0.29, 0.717) is 11.9 Å². The van der Waals surface area contributed by atoms with E-state index in [-0.39, 0.29) is 12.1 Å². The monoisotopic (exact) mass is 268 g/mol. The van der Waals surface area contributed by atoms with Gasteiger partial charge in [0, 0.05) is 20.2 Å². The molecule has 1 aliphatic heterocycles. The summed E-state index contributed by atoms with van der Waals surface area (Å²) < 4.78 is 11.4. The highest BCUT2D eigenvalue weighted by molar-refractivity contribution is 5.22. The third-order valence-electron chi connectivity index (χ3n) is 3.39. The molecule has 0 spiro atoms. The number of ether oxygens (including phenoxy) is 1. The number of likely N-dealkylation sites (N-methyl/N-ethyl adjacent to an activating group) is 1. The molecule has 0 saturated carbocycles. The Bertz CT molecular complexity index is 376. The molecule has 1 fully saturated rings. The van der Waals surface area contributed by atoms with Crippen molar-refractivity contribution in [1.82, 2.24) is 15.5 Å². The van der Waals surface area contributed by atoms with Crippen molar-refractivity contribution >= 4 is 6.01 Å². The first-order valence-corrected chi connectivity index (χ1v) is 7.10. The van der Waals surface area contributed by atoms with Crippen LogP contribution < -0.4 is 10.2 Å². The van der Waals surface area contributed by atoms with Crippen LogP contribution in [0, 0.1) is 0 Å². The van der Waals surface area contributed by atoms with E-state index in [4.69, 9.17) is 9.15 Å². The van der Waals surface area contributed by atoms with Gasteiger partial charge in [0.1, 0.15) is 0 Å². The zero-order valence-corrected chi connectivity index (χ0v) is 12.1. The SMILES string of the molecule is CCNC(C)c1nnc(N(C)CC2CCCCO2)o1. The number of aromatic nitrogens is 2. The molecule has 1 aromatic rings. The van der Waals surface area contributed by atoms with Crippen molar-refractivity contribution < 1.29 is 9.15 Å². The molecule has 6 heteroatoms. The van der Waals surface area contributed by atoms with Gasteiger partial charge in [-0.05, 0) is 32.7 Å². The Kier molecular flexibility index (Phi) is 5.15. The first-order valence-electron chi connectivity index (χ1n) is 7.10. The first kappa shape index (κ1) is 14.3. The second-order valence-corrected chi connectivity index (χ2v) is 5.07. The molecule has 6 nitrogen and oxygen atoms in total. The molecule has 1 N–H and O–H groups in total. The Balaban J connectivity index is 1.89. The van der Waals surface area contributed by atoms with Gasteiger partial charge in [0.25, 0.3) is 0 Å². The number of nitrogens with zero attached hydrogens (tertiary/aromatic N) is 3. The van der Waals surface area contributed by atoms with Crippen LogP contribution in [0.1, 0.15) is 45.0 Å². The van der Waals surface area contributed by atoms with Gasteiger partial charge in [-0.1, -0.05) is 12.0 Å². The number of hydrogen-bond donors (Lipinski definition) is 1. The van der Waals surface area contributed by atoms with E-state index in [0.717, 1.165) is 26.1 Å². The Morgan fingerprint density at radius 3 is 2.95 bits per heavy atom. The van der Waals surface area contributed by atoms with E-state index in [2.05, 4.69) is 22.4 Å². The summed E-state index contributed by atoms with van der Waals surface area (Å²) in [5.74, 6) is 0.633. The lowest BCUT2D eigenvalue weighted by molar-refractivity contribution is 0.0211. The molecule has 0 radical (unpaired) electrons. The summed E-state index contributed by atoms with van der Waals surface area (Å²) in [5.41, 5.74) is 0. The smallest absolute Gasteiger partial charge is 0.318 e. The van der Waals surface area contributed by atoms with Crippen LogP contribution in [0.4, 0.5) is 6.01 Å². The van der Waals surface area contributed by atoms with Crippen LogP contribution in [0.3, 0.4) is 0 Å². The van der Waals surface area contributed by atoms with E-state index in [9.17, 15) is 0 Å². The molecule has 1 saturated heterocycles. The molecule has 19 heavy (non-hydrogen) atoms. The lowest BCUT2D eigenvalue weighted by atomic mass is 10.1. The molecule has 0 bridgehead atoms. The Labute approximate surface area is 114 Å². The fraction of sp³-hybridized carbons (Fsp3) is 0.846. The lowest BCUT2D eigenvalue weighted by Crippen LogP contribution is -2.33. The van der Waals surface area contributed by atoms with Gasteiger partial charge in [-0.15, -0.1) is 5.10 Å². The molecule has 2 heterocycles. The van der Waals surface area contributed by atoms with Crippen LogP contribution in [0.5, 0.6) is 0 Å². The zero-order chi connectivity index (χ0) is 13.7. The molecular weight excluding hydrogens is 244 g/mol.